The smallest absolute Gasteiger partial charge is 0.126 e. The first-order valence-corrected chi connectivity index (χ1v) is 5.77. The molecule has 0 radical (unpaired) electrons. The zero-order valence-electron chi connectivity index (χ0n) is 9.50. The summed E-state index contributed by atoms with van der Waals surface area (Å²) >= 11 is 0. The lowest BCUT2D eigenvalue weighted by atomic mass is 10.0. The van der Waals surface area contributed by atoms with Gasteiger partial charge in [-0.05, 0) is 43.5 Å². The maximum Gasteiger partial charge on any atom is 0.126 e. The molecule has 1 aromatic carbocycles. The number of hydrogen-bond acceptors (Lipinski definition) is 2. The summed E-state index contributed by atoms with van der Waals surface area (Å²) in [7, 11) is 0. The normalized spacial score (nSPS) is 21.1. The van der Waals surface area contributed by atoms with Crippen LogP contribution in [0.2, 0.25) is 0 Å². The van der Waals surface area contributed by atoms with Crippen molar-refractivity contribution in [3.8, 4) is 6.07 Å². The van der Waals surface area contributed by atoms with E-state index in [4.69, 9.17) is 5.26 Å². The minimum atomic E-state index is -0.564. The molecule has 1 atom stereocenters. The number of nitriles is 1. The van der Waals surface area contributed by atoms with E-state index in [-0.39, 0.29) is 6.04 Å². The van der Waals surface area contributed by atoms with Crippen molar-refractivity contribution in [2.45, 2.75) is 31.8 Å². The van der Waals surface area contributed by atoms with Gasteiger partial charge in [0, 0.05) is 12.6 Å². The highest BCUT2D eigenvalue weighted by Gasteiger charge is 2.22. The molecule has 0 aliphatic carbocycles. The van der Waals surface area contributed by atoms with Crippen molar-refractivity contribution in [1.82, 2.24) is 4.90 Å². The van der Waals surface area contributed by atoms with Gasteiger partial charge in [-0.1, -0.05) is 0 Å². The fourth-order valence-electron chi connectivity index (χ4n) is 2.26. The van der Waals surface area contributed by atoms with E-state index in [9.17, 15) is 8.78 Å². The second kappa shape index (κ2) is 5.24. The van der Waals surface area contributed by atoms with Crippen LogP contribution in [0.15, 0.2) is 18.2 Å². The quantitative estimate of drug-likeness (QED) is 0.789. The van der Waals surface area contributed by atoms with Crippen molar-refractivity contribution >= 4 is 0 Å². The molecule has 0 aromatic heterocycles. The first-order valence-electron chi connectivity index (χ1n) is 5.77. The minimum absolute atomic E-state index is 0.130. The van der Waals surface area contributed by atoms with E-state index >= 15 is 0 Å². The van der Waals surface area contributed by atoms with E-state index in [1.807, 2.05) is 4.90 Å². The predicted octanol–water partition coefficient (Wildman–Crippen LogP) is 2.84. The fourth-order valence-corrected chi connectivity index (χ4v) is 2.26. The van der Waals surface area contributed by atoms with Gasteiger partial charge < -0.3 is 0 Å². The topological polar surface area (TPSA) is 27.0 Å². The van der Waals surface area contributed by atoms with Crippen LogP contribution in [0.3, 0.4) is 0 Å². The second-order valence-corrected chi connectivity index (χ2v) is 4.39. The minimum Gasteiger partial charge on any atom is -0.284 e. The zero-order chi connectivity index (χ0) is 12.3. The molecule has 1 fully saturated rings. The van der Waals surface area contributed by atoms with Crippen LogP contribution in [0.1, 0.15) is 24.8 Å². The summed E-state index contributed by atoms with van der Waals surface area (Å²) in [6.45, 7) is 1.25. The third kappa shape index (κ3) is 3.01. The highest BCUT2D eigenvalue weighted by Crippen LogP contribution is 2.19. The van der Waals surface area contributed by atoms with Gasteiger partial charge in [0.05, 0.1) is 12.1 Å². The number of rotatable bonds is 2. The Labute approximate surface area is 99.5 Å². The van der Waals surface area contributed by atoms with E-state index in [0.717, 1.165) is 31.9 Å². The lowest BCUT2D eigenvalue weighted by Gasteiger charge is -2.31. The Morgan fingerprint density at radius 3 is 2.59 bits per heavy atom. The summed E-state index contributed by atoms with van der Waals surface area (Å²) < 4.78 is 26.1. The summed E-state index contributed by atoms with van der Waals surface area (Å²) in [5.74, 6) is -1.13. The van der Waals surface area contributed by atoms with Crippen LogP contribution in [0.25, 0.3) is 0 Å². The third-order valence-corrected chi connectivity index (χ3v) is 3.07. The van der Waals surface area contributed by atoms with Crippen LogP contribution in [-0.2, 0) is 6.54 Å². The highest BCUT2D eigenvalue weighted by molar-refractivity contribution is 5.18. The molecule has 1 unspecified atom stereocenters. The van der Waals surface area contributed by atoms with Crippen molar-refractivity contribution in [3.05, 3.63) is 35.4 Å². The van der Waals surface area contributed by atoms with Gasteiger partial charge in [-0.15, -0.1) is 0 Å². The standard InChI is InChI=1S/C13H14F2N2/c14-11-5-10(6-12(15)7-11)9-17-4-2-1-3-13(17)8-16/h5-7,13H,1-4,9H2. The summed E-state index contributed by atoms with van der Waals surface area (Å²) in [5.41, 5.74) is 0.588. The van der Waals surface area contributed by atoms with Crippen LogP contribution >= 0.6 is 0 Å². The molecular formula is C13H14F2N2. The average Bonchev–Trinajstić information content (AvgIpc) is 2.28. The molecule has 2 nitrogen and oxygen atoms in total. The van der Waals surface area contributed by atoms with Gasteiger partial charge in [0.25, 0.3) is 0 Å². The fraction of sp³-hybridized carbons (Fsp3) is 0.462. The summed E-state index contributed by atoms with van der Waals surface area (Å²) in [4.78, 5) is 1.98. The maximum absolute atomic E-state index is 13.0. The van der Waals surface area contributed by atoms with E-state index in [0.29, 0.717) is 12.1 Å². The highest BCUT2D eigenvalue weighted by atomic mass is 19.1. The number of likely N-dealkylation sites (tertiary alicyclic amines) is 1. The van der Waals surface area contributed by atoms with E-state index in [2.05, 4.69) is 6.07 Å². The van der Waals surface area contributed by atoms with Crippen molar-refractivity contribution < 1.29 is 8.78 Å². The Morgan fingerprint density at radius 1 is 1.24 bits per heavy atom. The van der Waals surface area contributed by atoms with E-state index < -0.39 is 11.6 Å². The molecule has 0 bridgehead atoms. The molecule has 0 amide bonds. The maximum atomic E-state index is 13.0. The molecule has 2 rings (SSSR count). The van der Waals surface area contributed by atoms with Gasteiger partial charge in [-0.2, -0.15) is 5.26 Å². The van der Waals surface area contributed by atoms with Gasteiger partial charge in [0.15, 0.2) is 0 Å². The predicted molar refractivity (Wildman–Crippen MR) is 60.0 cm³/mol. The van der Waals surface area contributed by atoms with Gasteiger partial charge in [0.1, 0.15) is 11.6 Å². The Hall–Kier alpha value is -1.47. The van der Waals surface area contributed by atoms with Gasteiger partial charge in [0.2, 0.25) is 0 Å². The lowest BCUT2D eigenvalue weighted by molar-refractivity contribution is 0.176. The number of benzene rings is 1. The molecule has 0 N–H and O–H groups in total. The first kappa shape index (κ1) is 12.0. The van der Waals surface area contributed by atoms with Gasteiger partial charge in [-0.3, -0.25) is 4.90 Å². The van der Waals surface area contributed by atoms with Crippen molar-refractivity contribution in [2.75, 3.05) is 6.54 Å². The third-order valence-electron chi connectivity index (χ3n) is 3.07. The largest absolute Gasteiger partial charge is 0.284 e. The Morgan fingerprint density at radius 2 is 1.94 bits per heavy atom. The first-order chi connectivity index (χ1) is 8.19. The molecule has 1 aliphatic heterocycles. The molecular weight excluding hydrogens is 222 g/mol. The summed E-state index contributed by atoms with van der Waals surface area (Å²) in [6, 6.07) is 5.63. The van der Waals surface area contributed by atoms with Crippen molar-refractivity contribution in [2.24, 2.45) is 0 Å². The van der Waals surface area contributed by atoms with Crippen molar-refractivity contribution in [1.29, 1.82) is 5.26 Å². The molecule has 0 spiro atoms. The molecule has 1 aromatic rings. The SMILES string of the molecule is N#CC1CCCCN1Cc1cc(F)cc(F)c1. The number of hydrogen-bond donors (Lipinski definition) is 0. The molecule has 1 heterocycles. The lowest BCUT2D eigenvalue weighted by Crippen LogP contribution is -2.37. The molecule has 90 valence electrons. The Balaban J connectivity index is 2.11. The molecule has 4 heteroatoms. The van der Waals surface area contributed by atoms with Crippen LogP contribution < -0.4 is 0 Å². The van der Waals surface area contributed by atoms with Crippen molar-refractivity contribution in [3.63, 3.8) is 0 Å². The van der Waals surface area contributed by atoms with Crippen LogP contribution in [0.5, 0.6) is 0 Å². The number of nitrogens with zero attached hydrogens (tertiary/aromatic N) is 2. The Bertz CT molecular complexity index is 419. The zero-order valence-corrected chi connectivity index (χ0v) is 9.50. The van der Waals surface area contributed by atoms with Crippen LogP contribution in [0, 0.1) is 23.0 Å². The molecule has 17 heavy (non-hydrogen) atoms. The van der Waals surface area contributed by atoms with Gasteiger partial charge in [-0.25, -0.2) is 8.78 Å². The molecule has 1 aliphatic rings. The second-order valence-electron chi connectivity index (χ2n) is 4.39. The number of halogens is 2. The van der Waals surface area contributed by atoms with Gasteiger partial charge >= 0.3 is 0 Å². The summed E-state index contributed by atoms with van der Waals surface area (Å²) in [5, 5.41) is 9.01. The van der Waals surface area contributed by atoms with Crippen LogP contribution in [0.4, 0.5) is 8.78 Å². The molecule has 0 saturated carbocycles. The van der Waals surface area contributed by atoms with E-state index in [1.54, 1.807) is 0 Å². The van der Waals surface area contributed by atoms with Crippen LogP contribution in [-0.4, -0.2) is 17.5 Å². The molecule has 1 saturated heterocycles. The van der Waals surface area contributed by atoms with E-state index in [1.165, 1.54) is 12.1 Å². The Kier molecular flexibility index (Phi) is 3.70. The number of piperidine rings is 1. The monoisotopic (exact) mass is 236 g/mol. The average molecular weight is 236 g/mol. The summed E-state index contributed by atoms with van der Waals surface area (Å²) in [6.07, 6.45) is 2.93.